The highest BCUT2D eigenvalue weighted by molar-refractivity contribution is 7.99. The first kappa shape index (κ1) is 13.3. The molecule has 0 bridgehead atoms. The van der Waals surface area contributed by atoms with Crippen molar-refractivity contribution in [3.8, 4) is 5.75 Å². The molecule has 0 radical (unpaired) electrons. The number of aryl methyl sites for hydroxylation is 1. The van der Waals surface area contributed by atoms with Crippen LogP contribution in [0.3, 0.4) is 0 Å². The normalized spacial score (nSPS) is 17.1. The average Bonchev–Trinajstić information content (AvgIpc) is 2.47. The second kappa shape index (κ2) is 5.71. The van der Waals surface area contributed by atoms with Gasteiger partial charge in [0.25, 0.3) is 0 Å². The van der Waals surface area contributed by atoms with Gasteiger partial charge in [-0.25, -0.2) is 0 Å². The number of hydrogen-bond acceptors (Lipinski definition) is 3. The van der Waals surface area contributed by atoms with Gasteiger partial charge in [0.2, 0.25) is 0 Å². The SMILES string of the molecule is Cc1cccc(CC(=O)C2CSc3ccccc3O2)c1. The van der Waals surface area contributed by atoms with E-state index in [4.69, 9.17) is 4.74 Å². The quantitative estimate of drug-likeness (QED) is 0.860. The molecule has 1 unspecified atom stereocenters. The van der Waals surface area contributed by atoms with E-state index in [-0.39, 0.29) is 11.9 Å². The van der Waals surface area contributed by atoms with Crippen molar-refractivity contribution in [2.24, 2.45) is 0 Å². The van der Waals surface area contributed by atoms with Crippen LogP contribution in [0.4, 0.5) is 0 Å². The Bertz CT molecular complexity index is 636. The molecule has 0 fully saturated rings. The van der Waals surface area contributed by atoms with E-state index in [0.29, 0.717) is 12.2 Å². The average molecular weight is 284 g/mol. The lowest BCUT2D eigenvalue weighted by molar-refractivity contribution is -0.124. The molecule has 2 aromatic rings. The summed E-state index contributed by atoms with van der Waals surface area (Å²) in [6, 6.07) is 16.0. The maximum Gasteiger partial charge on any atom is 0.178 e. The van der Waals surface area contributed by atoms with Crippen molar-refractivity contribution < 1.29 is 9.53 Å². The van der Waals surface area contributed by atoms with Gasteiger partial charge in [-0.1, -0.05) is 42.0 Å². The minimum atomic E-state index is -0.338. The molecular weight excluding hydrogens is 268 g/mol. The number of rotatable bonds is 3. The van der Waals surface area contributed by atoms with Crippen LogP contribution < -0.4 is 4.74 Å². The zero-order valence-electron chi connectivity index (χ0n) is 11.3. The fourth-order valence-electron chi connectivity index (χ4n) is 2.32. The standard InChI is InChI=1S/C17H16O2S/c1-12-5-4-6-13(9-12)10-14(18)16-11-20-17-8-3-2-7-15(17)19-16/h2-9,16H,10-11H2,1H3. The number of hydrogen-bond donors (Lipinski definition) is 0. The number of thioether (sulfide) groups is 1. The van der Waals surface area contributed by atoms with E-state index in [0.717, 1.165) is 16.2 Å². The van der Waals surface area contributed by atoms with Crippen molar-refractivity contribution in [1.29, 1.82) is 0 Å². The summed E-state index contributed by atoms with van der Waals surface area (Å²) in [6.45, 7) is 2.04. The minimum absolute atomic E-state index is 0.151. The summed E-state index contributed by atoms with van der Waals surface area (Å²) in [7, 11) is 0. The fourth-order valence-corrected chi connectivity index (χ4v) is 3.33. The van der Waals surface area contributed by atoms with Crippen LogP contribution in [0, 0.1) is 6.92 Å². The lowest BCUT2D eigenvalue weighted by Gasteiger charge is -2.24. The molecule has 0 spiro atoms. The van der Waals surface area contributed by atoms with Crippen LogP contribution in [0.5, 0.6) is 5.75 Å². The Morgan fingerprint density at radius 3 is 2.95 bits per heavy atom. The monoisotopic (exact) mass is 284 g/mol. The fraction of sp³-hybridized carbons (Fsp3) is 0.235. The van der Waals surface area contributed by atoms with Crippen LogP contribution in [0.2, 0.25) is 0 Å². The summed E-state index contributed by atoms with van der Waals surface area (Å²) in [5.41, 5.74) is 2.24. The van der Waals surface area contributed by atoms with Crippen molar-refractivity contribution in [2.45, 2.75) is 24.3 Å². The topological polar surface area (TPSA) is 26.3 Å². The smallest absolute Gasteiger partial charge is 0.178 e. The van der Waals surface area contributed by atoms with Gasteiger partial charge in [-0.2, -0.15) is 0 Å². The van der Waals surface area contributed by atoms with Crippen LogP contribution in [0.25, 0.3) is 0 Å². The minimum Gasteiger partial charge on any atom is -0.481 e. The predicted molar refractivity (Wildman–Crippen MR) is 81.5 cm³/mol. The van der Waals surface area contributed by atoms with Crippen molar-refractivity contribution in [2.75, 3.05) is 5.75 Å². The Hall–Kier alpha value is -1.74. The Morgan fingerprint density at radius 1 is 1.25 bits per heavy atom. The molecule has 2 nitrogen and oxygen atoms in total. The molecule has 2 aromatic carbocycles. The van der Waals surface area contributed by atoms with Gasteiger partial charge in [-0.3, -0.25) is 4.79 Å². The first-order chi connectivity index (χ1) is 9.72. The van der Waals surface area contributed by atoms with E-state index in [1.165, 1.54) is 5.56 Å². The highest BCUT2D eigenvalue weighted by atomic mass is 32.2. The molecule has 0 N–H and O–H groups in total. The van der Waals surface area contributed by atoms with Crippen molar-refractivity contribution >= 4 is 17.5 Å². The molecular formula is C17H16O2S. The van der Waals surface area contributed by atoms with Crippen LogP contribution in [-0.2, 0) is 11.2 Å². The van der Waals surface area contributed by atoms with Gasteiger partial charge in [-0.15, -0.1) is 11.8 Å². The van der Waals surface area contributed by atoms with E-state index in [1.54, 1.807) is 11.8 Å². The highest BCUT2D eigenvalue weighted by Gasteiger charge is 2.26. The first-order valence-corrected chi connectivity index (χ1v) is 7.68. The summed E-state index contributed by atoms with van der Waals surface area (Å²) < 4.78 is 5.83. The third-order valence-electron chi connectivity index (χ3n) is 3.33. The molecule has 0 aliphatic carbocycles. The molecule has 20 heavy (non-hydrogen) atoms. The summed E-state index contributed by atoms with van der Waals surface area (Å²) >= 11 is 1.69. The van der Waals surface area contributed by atoms with E-state index < -0.39 is 0 Å². The Labute approximate surface area is 123 Å². The molecule has 0 saturated carbocycles. The van der Waals surface area contributed by atoms with Gasteiger partial charge in [0.05, 0.1) is 0 Å². The molecule has 1 heterocycles. The number of benzene rings is 2. The second-order valence-electron chi connectivity index (χ2n) is 5.00. The zero-order valence-corrected chi connectivity index (χ0v) is 12.2. The van der Waals surface area contributed by atoms with Crippen LogP contribution >= 0.6 is 11.8 Å². The summed E-state index contributed by atoms with van der Waals surface area (Å²) in [6.07, 6.45) is 0.102. The lowest BCUT2D eigenvalue weighted by atomic mass is 10.0. The van der Waals surface area contributed by atoms with Crippen LogP contribution in [0.1, 0.15) is 11.1 Å². The summed E-state index contributed by atoms with van der Waals surface area (Å²) in [5, 5.41) is 0. The Kier molecular flexibility index (Phi) is 3.79. The Balaban J connectivity index is 1.70. The molecule has 0 saturated heterocycles. The molecule has 1 aliphatic rings. The van der Waals surface area contributed by atoms with Gasteiger partial charge < -0.3 is 4.74 Å². The molecule has 1 aliphatic heterocycles. The Morgan fingerprint density at radius 2 is 2.10 bits per heavy atom. The first-order valence-electron chi connectivity index (χ1n) is 6.69. The van der Waals surface area contributed by atoms with Gasteiger partial charge in [-0.05, 0) is 24.6 Å². The number of Topliss-reactive ketones (excluding diaryl/α,β-unsaturated/α-hetero) is 1. The largest absolute Gasteiger partial charge is 0.481 e. The van der Waals surface area contributed by atoms with Crippen molar-refractivity contribution in [3.05, 3.63) is 59.7 Å². The molecule has 0 aromatic heterocycles. The van der Waals surface area contributed by atoms with Gasteiger partial charge in [0.1, 0.15) is 5.75 Å². The molecule has 3 heteroatoms. The van der Waals surface area contributed by atoms with Crippen molar-refractivity contribution in [1.82, 2.24) is 0 Å². The lowest BCUT2D eigenvalue weighted by Crippen LogP contribution is -2.33. The molecule has 0 amide bonds. The van der Waals surface area contributed by atoms with Gasteiger partial charge in [0, 0.05) is 17.1 Å². The van der Waals surface area contributed by atoms with Crippen LogP contribution in [-0.4, -0.2) is 17.6 Å². The van der Waals surface area contributed by atoms with Gasteiger partial charge >= 0.3 is 0 Å². The highest BCUT2D eigenvalue weighted by Crippen LogP contribution is 2.35. The summed E-state index contributed by atoms with van der Waals surface area (Å²) in [5.74, 6) is 1.67. The van der Waals surface area contributed by atoms with E-state index in [1.807, 2.05) is 49.4 Å². The van der Waals surface area contributed by atoms with E-state index in [2.05, 4.69) is 6.07 Å². The van der Waals surface area contributed by atoms with E-state index in [9.17, 15) is 4.79 Å². The number of ketones is 1. The third kappa shape index (κ3) is 2.88. The predicted octanol–water partition coefficient (Wildman–Crippen LogP) is 3.66. The number of ether oxygens (including phenoxy) is 1. The number of carbonyl (C=O) groups is 1. The molecule has 3 rings (SSSR count). The summed E-state index contributed by atoms with van der Waals surface area (Å²) in [4.78, 5) is 13.5. The van der Waals surface area contributed by atoms with Gasteiger partial charge in [0.15, 0.2) is 11.9 Å². The third-order valence-corrected chi connectivity index (χ3v) is 4.45. The van der Waals surface area contributed by atoms with E-state index >= 15 is 0 Å². The number of fused-ring (bicyclic) bond motifs is 1. The van der Waals surface area contributed by atoms with Crippen LogP contribution in [0.15, 0.2) is 53.4 Å². The molecule has 1 atom stereocenters. The second-order valence-corrected chi connectivity index (χ2v) is 6.06. The maximum absolute atomic E-state index is 12.4. The maximum atomic E-state index is 12.4. The van der Waals surface area contributed by atoms with Crippen molar-refractivity contribution in [3.63, 3.8) is 0 Å². The molecule has 102 valence electrons. The zero-order chi connectivity index (χ0) is 13.9. The number of para-hydroxylation sites is 1. The number of carbonyl (C=O) groups excluding carboxylic acids is 1.